The number of benzene rings is 1. The molecule has 2 amide bonds. The molecule has 2 fully saturated rings. The molecule has 2 heterocycles. The molecule has 1 aromatic carbocycles. The van der Waals surface area contributed by atoms with Gasteiger partial charge in [-0.25, -0.2) is 0 Å². The molecular weight excluding hydrogens is 400 g/mol. The smallest absolute Gasteiger partial charge is 0.303 e. The van der Waals surface area contributed by atoms with E-state index in [0.717, 1.165) is 5.56 Å². The van der Waals surface area contributed by atoms with E-state index in [-0.39, 0.29) is 29.6 Å². The number of carbonyl (C=O) groups is 3. The Balaban J connectivity index is 1.58. The number of halogens is 1. The summed E-state index contributed by atoms with van der Waals surface area (Å²) in [5, 5.41) is 9.82. The highest BCUT2D eigenvalue weighted by molar-refractivity contribution is 7.99. The van der Waals surface area contributed by atoms with E-state index in [1.165, 1.54) is 11.8 Å². The van der Waals surface area contributed by atoms with Crippen LogP contribution in [0.4, 0.5) is 0 Å². The maximum Gasteiger partial charge on any atom is 0.303 e. The van der Waals surface area contributed by atoms with Crippen molar-refractivity contribution in [2.45, 2.75) is 25.5 Å². The molecule has 0 bridgehead atoms. The van der Waals surface area contributed by atoms with Crippen LogP contribution < -0.4 is 0 Å². The molecule has 2 aliphatic rings. The zero-order chi connectivity index (χ0) is 20.3. The molecule has 2 aliphatic heterocycles. The number of hydrogen-bond acceptors (Lipinski definition) is 4. The van der Waals surface area contributed by atoms with Gasteiger partial charge in [-0.15, -0.1) is 11.8 Å². The highest BCUT2D eigenvalue weighted by Crippen LogP contribution is 2.46. The third-order valence-electron chi connectivity index (χ3n) is 5.83. The molecule has 0 aromatic heterocycles. The molecule has 8 heteroatoms. The normalized spacial score (nSPS) is 23.7. The van der Waals surface area contributed by atoms with Crippen molar-refractivity contribution < 1.29 is 19.5 Å². The van der Waals surface area contributed by atoms with Crippen LogP contribution in [0, 0.1) is 11.3 Å². The Morgan fingerprint density at radius 3 is 2.57 bits per heavy atom. The van der Waals surface area contributed by atoms with Crippen LogP contribution in [-0.2, 0) is 20.1 Å². The molecule has 0 spiro atoms. The summed E-state index contributed by atoms with van der Waals surface area (Å²) in [7, 11) is 0. The van der Waals surface area contributed by atoms with Crippen molar-refractivity contribution in [2.75, 3.05) is 31.9 Å². The van der Waals surface area contributed by atoms with Crippen LogP contribution in [0.3, 0.4) is 0 Å². The number of carbonyl (C=O) groups excluding carboxylic acids is 2. The van der Waals surface area contributed by atoms with Gasteiger partial charge in [-0.3, -0.25) is 14.4 Å². The fourth-order valence-electron chi connectivity index (χ4n) is 4.28. The molecule has 2 saturated heterocycles. The van der Waals surface area contributed by atoms with Crippen LogP contribution in [0.1, 0.15) is 25.3 Å². The summed E-state index contributed by atoms with van der Waals surface area (Å²) >= 11 is 7.69. The summed E-state index contributed by atoms with van der Waals surface area (Å²) < 4.78 is 0. The quantitative estimate of drug-likeness (QED) is 0.728. The van der Waals surface area contributed by atoms with Crippen molar-refractivity contribution in [3.8, 4) is 0 Å². The Bertz CT molecular complexity index is 774. The predicted molar refractivity (Wildman–Crippen MR) is 109 cm³/mol. The number of carboxylic acid groups (broad SMARTS) is 1. The van der Waals surface area contributed by atoms with Crippen molar-refractivity contribution in [1.29, 1.82) is 0 Å². The maximum atomic E-state index is 12.7. The summed E-state index contributed by atoms with van der Waals surface area (Å²) in [4.78, 5) is 39.3. The lowest BCUT2D eigenvalue weighted by Gasteiger charge is -2.28. The zero-order valence-corrected chi connectivity index (χ0v) is 17.5. The summed E-state index contributed by atoms with van der Waals surface area (Å²) in [6.45, 7) is 3.80. The SMILES string of the molecule is CC(=O)N1CC2CN(C(=O)CSCc3ccccc3Cl)CC2(CCC(=O)O)C1. The van der Waals surface area contributed by atoms with Crippen molar-refractivity contribution in [3.63, 3.8) is 0 Å². The van der Waals surface area contributed by atoms with Gasteiger partial charge in [-0.05, 0) is 18.1 Å². The first-order valence-electron chi connectivity index (χ1n) is 9.37. The van der Waals surface area contributed by atoms with E-state index in [2.05, 4.69) is 0 Å². The monoisotopic (exact) mass is 424 g/mol. The number of likely N-dealkylation sites (tertiary alicyclic amines) is 2. The molecule has 6 nitrogen and oxygen atoms in total. The number of rotatable bonds is 7. The summed E-state index contributed by atoms with van der Waals surface area (Å²) in [5.74, 6) is 0.421. The number of amides is 2. The van der Waals surface area contributed by atoms with Crippen LogP contribution in [0.15, 0.2) is 24.3 Å². The van der Waals surface area contributed by atoms with Crippen LogP contribution in [0.2, 0.25) is 5.02 Å². The topological polar surface area (TPSA) is 77.9 Å². The molecule has 2 unspecified atom stereocenters. The second-order valence-electron chi connectivity index (χ2n) is 7.71. The second-order valence-corrected chi connectivity index (χ2v) is 9.10. The van der Waals surface area contributed by atoms with E-state index in [4.69, 9.17) is 16.7 Å². The predicted octanol–water partition coefficient (Wildman–Crippen LogP) is 2.74. The lowest BCUT2D eigenvalue weighted by atomic mass is 9.77. The summed E-state index contributed by atoms with van der Waals surface area (Å²) in [6, 6.07) is 7.61. The number of carboxylic acids is 1. The van der Waals surface area contributed by atoms with E-state index in [1.54, 1.807) is 11.8 Å². The van der Waals surface area contributed by atoms with Crippen LogP contribution in [-0.4, -0.2) is 64.6 Å². The van der Waals surface area contributed by atoms with Gasteiger partial charge in [0.2, 0.25) is 11.8 Å². The molecule has 3 rings (SSSR count). The number of aliphatic carboxylic acids is 1. The minimum absolute atomic E-state index is 0.0114. The largest absolute Gasteiger partial charge is 0.481 e. The average molecular weight is 425 g/mol. The van der Waals surface area contributed by atoms with Gasteiger partial charge in [0.05, 0.1) is 5.75 Å². The standard InChI is InChI=1S/C20H25ClN2O4S/c1-14(24)22-8-16-9-23(13-20(16,12-22)7-6-19(26)27)18(25)11-28-10-15-4-2-3-5-17(15)21/h2-5,16H,6-13H2,1H3,(H,26,27). The van der Waals surface area contributed by atoms with Gasteiger partial charge in [-0.2, -0.15) is 0 Å². The first-order chi connectivity index (χ1) is 13.3. The Hall–Kier alpha value is -1.73. The van der Waals surface area contributed by atoms with Crippen LogP contribution in [0.5, 0.6) is 0 Å². The van der Waals surface area contributed by atoms with Crippen molar-refractivity contribution >= 4 is 41.1 Å². The lowest BCUT2D eigenvalue weighted by Crippen LogP contribution is -2.39. The molecular formula is C20H25ClN2O4S. The molecule has 0 radical (unpaired) electrons. The number of thioether (sulfide) groups is 1. The second kappa shape index (κ2) is 8.74. The fraction of sp³-hybridized carbons (Fsp3) is 0.550. The fourth-order valence-corrected chi connectivity index (χ4v) is 5.49. The van der Waals surface area contributed by atoms with Gasteiger partial charge in [-0.1, -0.05) is 29.8 Å². The molecule has 152 valence electrons. The molecule has 0 saturated carbocycles. The van der Waals surface area contributed by atoms with Gasteiger partial charge < -0.3 is 14.9 Å². The van der Waals surface area contributed by atoms with E-state index in [9.17, 15) is 14.4 Å². The maximum absolute atomic E-state index is 12.7. The summed E-state index contributed by atoms with van der Waals surface area (Å²) in [6.07, 6.45) is 0.554. The highest BCUT2D eigenvalue weighted by Gasteiger charge is 2.53. The van der Waals surface area contributed by atoms with E-state index in [1.807, 2.05) is 29.2 Å². The van der Waals surface area contributed by atoms with Gasteiger partial charge in [0.1, 0.15) is 0 Å². The van der Waals surface area contributed by atoms with E-state index >= 15 is 0 Å². The van der Waals surface area contributed by atoms with E-state index in [0.29, 0.717) is 49.1 Å². The highest BCUT2D eigenvalue weighted by atomic mass is 35.5. The van der Waals surface area contributed by atoms with Crippen molar-refractivity contribution in [1.82, 2.24) is 9.80 Å². The van der Waals surface area contributed by atoms with Crippen LogP contribution >= 0.6 is 23.4 Å². The van der Waals surface area contributed by atoms with Crippen molar-refractivity contribution in [2.24, 2.45) is 11.3 Å². The Kier molecular flexibility index (Phi) is 6.55. The average Bonchev–Trinajstić information content (AvgIpc) is 3.16. The van der Waals surface area contributed by atoms with Gasteiger partial charge >= 0.3 is 5.97 Å². The zero-order valence-electron chi connectivity index (χ0n) is 15.9. The Morgan fingerprint density at radius 1 is 1.21 bits per heavy atom. The third-order valence-corrected chi connectivity index (χ3v) is 7.17. The number of fused-ring (bicyclic) bond motifs is 1. The minimum Gasteiger partial charge on any atom is -0.481 e. The van der Waals surface area contributed by atoms with Gasteiger partial charge in [0, 0.05) is 61.6 Å². The Morgan fingerprint density at radius 2 is 1.89 bits per heavy atom. The van der Waals surface area contributed by atoms with Gasteiger partial charge in [0.25, 0.3) is 0 Å². The third kappa shape index (κ3) is 4.63. The molecule has 1 aromatic rings. The summed E-state index contributed by atoms with van der Waals surface area (Å²) in [5.41, 5.74) is 0.711. The minimum atomic E-state index is -0.838. The Labute approximate surface area is 174 Å². The molecule has 1 N–H and O–H groups in total. The molecule has 28 heavy (non-hydrogen) atoms. The molecule has 0 aliphatic carbocycles. The molecule has 2 atom stereocenters. The van der Waals surface area contributed by atoms with Gasteiger partial charge in [0.15, 0.2) is 0 Å². The van der Waals surface area contributed by atoms with E-state index < -0.39 is 5.97 Å². The van der Waals surface area contributed by atoms with Crippen LogP contribution in [0.25, 0.3) is 0 Å². The first-order valence-corrected chi connectivity index (χ1v) is 10.9. The lowest BCUT2D eigenvalue weighted by molar-refractivity contribution is -0.137. The number of nitrogens with zero attached hydrogens (tertiary/aromatic N) is 2. The van der Waals surface area contributed by atoms with Crippen molar-refractivity contribution in [3.05, 3.63) is 34.9 Å². The number of hydrogen-bond donors (Lipinski definition) is 1. The first kappa shape index (κ1) is 21.0.